The van der Waals surface area contributed by atoms with Crippen molar-refractivity contribution in [2.45, 2.75) is 6.92 Å². The molecule has 0 unspecified atom stereocenters. The second-order valence-corrected chi connectivity index (χ2v) is 5.95. The maximum Gasteiger partial charge on any atom is 0.255 e. The molecule has 2 rings (SSSR count). The average molecular weight is 377 g/mol. The molecule has 0 radical (unpaired) electrons. The lowest BCUT2D eigenvalue weighted by molar-refractivity contribution is 0.102. The highest BCUT2D eigenvalue weighted by atomic mass is 79.9. The van der Waals surface area contributed by atoms with E-state index in [-0.39, 0.29) is 21.6 Å². The van der Waals surface area contributed by atoms with Crippen LogP contribution in [0.1, 0.15) is 15.9 Å². The number of amides is 1. The third kappa shape index (κ3) is 3.51. The molecule has 0 spiro atoms. The third-order valence-electron chi connectivity index (χ3n) is 2.55. The molecule has 1 amide bonds. The van der Waals surface area contributed by atoms with Gasteiger partial charge in [0.15, 0.2) is 0 Å². The minimum Gasteiger partial charge on any atom is -0.319 e. The highest BCUT2D eigenvalue weighted by molar-refractivity contribution is 9.10. The van der Waals surface area contributed by atoms with E-state index in [0.717, 1.165) is 22.2 Å². The zero-order valence-corrected chi connectivity index (χ0v) is 13.4. The normalized spacial score (nSPS) is 10.4. The number of benzene rings is 2. The SMILES string of the molecule is Cc1cc(Br)cc(C(=O)Nc2c(Cl)cc(F)cc2Cl)c1. The van der Waals surface area contributed by atoms with Crippen molar-refractivity contribution >= 4 is 50.7 Å². The van der Waals surface area contributed by atoms with E-state index in [1.807, 2.05) is 13.0 Å². The number of anilines is 1. The Morgan fingerprint density at radius 2 is 1.75 bits per heavy atom. The Bertz CT molecular complexity index is 648. The minimum absolute atomic E-state index is 0.0510. The zero-order chi connectivity index (χ0) is 14.9. The van der Waals surface area contributed by atoms with Crippen LogP contribution >= 0.6 is 39.1 Å². The fraction of sp³-hybridized carbons (Fsp3) is 0.0714. The Hall–Kier alpha value is -1.10. The van der Waals surface area contributed by atoms with E-state index < -0.39 is 5.82 Å². The van der Waals surface area contributed by atoms with Gasteiger partial charge in [-0.1, -0.05) is 39.1 Å². The van der Waals surface area contributed by atoms with Gasteiger partial charge in [-0.2, -0.15) is 0 Å². The van der Waals surface area contributed by atoms with Gasteiger partial charge in [-0.15, -0.1) is 0 Å². The zero-order valence-electron chi connectivity index (χ0n) is 10.3. The summed E-state index contributed by atoms with van der Waals surface area (Å²) in [7, 11) is 0. The number of nitrogens with one attached hydrogen (secondary N) is 1. The lowest BCUT2D eigenvalue weighted by Gasteiger charge is -2.10. The van der Waals surface area contributed by atoms with Gasteiger partial charge in [0.1, 0.15) is 5.82 Å². The van der Waals surface area contributed by atoms with Crippen molar-refractivity contribution in [2.75, 3.05) is 5.32 Å². The summed E-state index contributed by atoms with van der Waals surface area (Å²) in [6.07, 6.45) is 0. The Kier molecular flexibility index (Phi) is 4.68. The van der Waals surface area contributed by atoms with E-state index in [4.69, 9.17) is 23.2 Å². The molecule has 104 valence electrons. The topological polar surface area (TPSA) is 29.1 Å². The van der Waals surface area contributed by atoms with E-state index in [9.17, 15) is 9.18 Å². The Labute approximate surface area is 134 Å². The van der Waals surface area contributed by atoms with E-state index in [1.54, 1.807) is 12.1 Å². The summed E-state index contributed by atoms with van der Waals surface area (Å²) in [5, 5.41) is 2.69. The first-order chi connectivity index (χ1) is 9.36. The van der Waals surface area contributed by atoms with Crippen LogP contribution in [0, 0.1) is 12.7 Å². The highest BCUT2D eigenvalue weighted by Crippen LogP contribution is 2.31. The van der Waals surface area contributed by atoms with Gasteiger partial charge in [0.05, 0.1) is 15.7 Å². The van der Waals surface area contributed by atoms with Crippen LogP contribution in [0.4, 0.5) is 10.1 Å². The molecule has 0 aliphatic carbocycles. The fourth-order valence-corrected chi connectivity index (χ4v) is 2.88. The van der Waals surface area contributed by atoms with Crippen molar-refractivity contribution in [2.24, 2.45) is 0 Å². The minimum atomic E-state index is -0.559. The first-order valence-corrected chi connectivity index (χ1v) is 7.15. The molecule has 2 aromatic rings. The third-order valence-corrected chi connectivity index (χ3v) is 3.60. The van der Waals surface area contributed by atoms with Crippen LogP contribution < -0.4 is 5.32 Å². The van der Waals surface area contributed by atoms with Crippen molar-refractivity contribution in [3.8, 4) is 0 Å². The maximum atomic E-state index is 13.1. The molecule has 0 atom stereocenters. The molecular formula is C14H9BrCl2FNO. The first-order valence-electron chi connectivity index (χ1n) is 5.60. The Morgan fingerprint density at radius 3 is 2.30 bits per heavy atom. The van der Waals surface area contributed by atoms with Gasteiger partial charge >= 0.3 is 0 Å². The quantitative estimate of drug-likeness (QED) is 0.741. The summed E-state index contributed by atoms with van der Waals surface area (Å²) >= 11 is 15.1. The molecule has 2 nitrogen and oxygen atoms in total. The molecule has 1 N–H and O–H groups in total. The molecule has 0 fully saturated rings. The highest BCUT2D eigenvalue weighted by Gasteiger charge is 2.13. The van der Waals surface area contributed by atoms with E-state index in [1.165, 1.54) is 0 Å². The molecule has 0 bridgehead atoms. The van der Waals surface area contributed by atoms with Gasteiger partial charge < -0.3 is 5.32 Å². The van der Waals surface area contributed by atoms with Gasteiger partial charge in [-0.25, -0.2) is 4.39 Å². The molecule has 0 heterocycles. The van der Waals surface area contributed by atoms with Crippen LogP contribution in [0.2, 0.25) is 10.0 Å². The predicted octanol–water partition coefficient (Wildman–Crippen LogP) is 5.46. The maximum absolute atomic E-state index is 13.1. The second kappa shape index (κ2) is 6.12. The van der Waals surface area contributed by atoms with Crippen molar-refractivity contribution in [1.82, 2.24) is 0 Å². The van der Waals surface area contributed by atoms with Crippen molar-refractivity contribution in [3.05, 3.63) is 61.8 Å². The summed E-state index contributed by atoms with van der Waals surface area (Å²) in [6.45, 7) is 1.87. The molecule has 20 heavy (non-hydrogen) atoms. The Balaban J connectivity index is 2.32. The van der Waals surface area contributed by atoms with E-state index >= 15 is 0 Å². The number of carbonyl (C=O) groups is 1. The smallest absolute Gasteiger partial charge is 0.255 e. The van der Waals surface area contributed by atoms with Crippen LogP contribution in [0.25, 0.3) is 0 Å². The number of hydrogen-bond donors (Lipinski definition) is 1. The molecule has 2 aromatic carbocycles. The number of rotatable bonds is 2. The van der Waals surface area contributed by atoms with Gasteiger partial charge in [0.2, 0.25) is 0 Å². The summed E-state index contributed by atoms with van der Waals surface area (Å²) in [5.41, 5.74) is 1.58. The van der Waals surface area contributed by atoms with Crippen LogP contribution in [0.3, 0.4) is 0 Å². The number of carbonyl (C=O) groups excluding carboxylic acids is 1. The largest absolute Gasteiger partial charge is 0.319 e. The lowest BCUT2D eigenvalue weighted by Crippen LogP contribution is -2.13. The first kappa shape index (κ1) is 15.3. The van der Waals surface area contributed by atoms with Crippen molar-refractivity contribution in [1.29, 1.82) is 0 Å². The molecule has 6 heteroatoms. The van der Waals surface area contributed by atoms with E-state index in [0.29, 0.717) is 5.56 Å². The predicted molar refractivity (Wildman–Crippen MR) is 83.3 cm³/mol. The van der Waals surface area contributed by atoms with Gasteiger partial charge in [0, 0.05) is 10.0 Å². The lowest BCUT2D eigenvalue weighted by atomic mass is 10.1. The standard InChI is InChI=1S/C14H9BrCl2FNO/c1-7-2-8(4-9(15)3-7)14(20)19-13-11(16)5-10(18)6-12(13)17/h2-6H,1H3,(H,19,20). The summed E-state index contributed by atoms with van der Waals surface area (Å²) in [6, 6.07) is 7.47. The molecule has 0 saturated carbocycles. The summed E-state index contributed by atoms with van der Waals surface area (Å²) < 4.78 is 13.9. The van der Waals surface area contributed by atoms with Crippen molar-refractivity contribution in [3.63, 3.8) is 0 Å². The molecular weight excluding hydrogens is 368 g/mol. The number of hydrogen-bond acceptors (Lipinski definition) is 1. The summed E-state index contributed by atoms with van der Waals surface area (Å²) in [4.78, 5) is 12.2. The molecule has 0 saturated heterocycles. The van der Waals surface area contributed by atoms with Gasteiger partial charge in [-0.05, 0) is 42.8 Å². The number of aryl methyl sites for hydroxylation is 1. The Morgan fingerprint density at radius 1 is 1.15 bits per heavy atom. The van der Waals surface area contributed by atoms with Crippen LogP contribution in [0.15, 0.2) is 34.8 Å². The van der Waals surface area contributed by atoms with Crippen LogP contribution in [-0.2, 0) is 0 Å². The van der Waals surface area contributed by atoms with E-state index in [2.05, 4.69) is 21.2 Å². The van der Waals surface area contributed by atoms with Crippen molar-refractivity contribution < 1.29 is 9.18 Å². The monoisotopic (exact) mass is 375 g/mol. The van der Waals surface area contributed by atoms with Gasteiger partial charge in [-0.3, -0.25) is 4.79 Å². The summed E-state index contributed by atoms with van der Waals surface area (Å²) in [5.74, 6) is -0.930. The molecule has 0 aliphatic heterocycles. The average Bonchev–Trinajstić information content (AvgIpc) is 2.32. The second-order valence-electron chi connectivity index (χ2n) is 4.22. The number of halogens is 4. The van der Waals surface area contributed by atoms with Gasteiger partial charge in [0.25, 0.3) is 5.91 Å². The molecule has 0 aliphatic rings. The molecule has 0 aromatic heterocycles. The van der Waals surface area contributed by atoms with Crippen LogP contribution in [-0.4, -0.2) is 5.91 Å². The fourth-order valence-electron chi connectivity index (χ4n) is 1.71. The van der Waals surface area contributed by atoms with Crippen LogP contribution in [0.5, 0.6) is 0 Å².